The van der Waals surface area contributed by atoms with Crippen molar-refractivity contribution < 1.29 is 4.42 Å². The van der Waals surface area contributed by atoms with Crippen LogP contribution in [0, 0.1) is 6.92 Å². The highest BCUT2D eigenvalue weighted by atomic mass is 32.2. The van der Waals surface area contributed by atoms with Crippen LogP contribution in [0.2, 0.25) is 0 Å². The maximum atomic E-state index is 5.51. The zero-order chi connectivity index (χ0) is 21.8. The van der Waals surface area contributed by atoms with Crippen molar-refractivity contribution in [3.8, 4) is 11.4 Å². The first-order valence-corrected chi connectivity index (χ1v) is 12.0. The molecule has 0 amide bonds. The molecule has 8 heteroatoms. The molecular weight excluding hydrogens is 438 g/mol. The van der Waals surface area contributed by atoms with Crippen molar-refractivity contribution in [3.63, 3.8) is 0 Å². The van der Waals surface area contributed by atoms with Crippen molar-refractivity contribution in [1.82, 2.24) is 19.7 Å². The lowest BCUT2D eigenvalue weighted by Crippen LogP contribution is -2.04. The number of anilines is 2. The van der Waals surface area contributed by atoms with Crippen LogP contribution in [-0.4, -0.2) is 19.7 Å². The molecule has 6 nitrogen and oxygen atoms in total. The number of aryl methyl sites for hydroxylation is 1. The second-order valence-corrected chi connectivity index (χ2v) is 8.99. The zero-order valence-corrected chi connectivity index (χ0v) is 19.1. The summed E-state index contributed by atoms with van der Waals surface area (Å²) in [5.74, 6) is 2.36. The van der Waals surface area contributed by atoms with Gasteiger partial charge in [0.25, 0.3) is 0 Å². The van der Waals surface area contributed by atoms with Crippen molar-refractivity contribution in [2.24, 2.45) is 0 Å². The van der Waals surface area contributed by atoms with Crippen LogP contribution in [0.15, 0.2) is 87.9 Å². The molecular formula is C24H21N5OS2. The summed E-state index contributed by atoms with van der Waals surface area (Å²) in [7, 11) is 0. The molecule has 0 aliphatic carbocycles. The number of furan rings is 1. The molecule has 0 fully saturated rings. The number of thiazole rings is 1. The second kappa shape index (κ2) is 9.42. The van der Waals surface area contributed by atoms with Gasteiger partial charge in [-0.2, -0.15) is 0 Å². The summed E-state index contributed by atoms with van der Waals surface area (Å²) in [5, 5.41) is 16.2. The van der Waals surface area contributed by atoms with Gasteiger partial charge in [-0.15, -0.1) is 21.5 Å². The van der Waals surface area contributed by atoms with E-state index in [-0.39, 0.29) is 0 Å². The van der Waals surface area contributed by atoms with Crippen molar-refractivity contribution >= 4 is 33.9 Å². The fourth-order valence-electron chi connectivity index (χ4n) is 3.33. The van der Waals surface area contributed by atoms with Crippen LogP contribution in [0.5, 0.6) is 0 Å². The topological polar surface area (TPSA) is 68.8 Å². The summed E-state index contributed by atoms with van der Waals surface area (Å²) >= 11 is 3.24. The maximum absolute atomic E-state index is 5.51. The fourth-order valence-corrected chi connectivity index (χ4v) is 5.00. The van der Waals surface area contributed by atoms with Crippen LogP contribution in [0.4, 0.5) is 10.8 Å². The first-order chi connectivity index (χ1) is 15.8. The summed E-state index contributed by atoms with van der Waals surface area (Å²) in [5.41, 5.74) is 4.19. The highest BCUT2D eigenvalue weighted by Crippen LogP contribution is 2.30. The number of benzene rings is 2. The number of nitrogens with one attached hydrogen (secondary N) is 1. The molecule has 5 aromatic rings. The van der Waals surface area contributed by atoms with Crippen molar-refractivity contribution in [2.75, 3.05) is 5.32 Å². The van der Waals surface area contributed by atoms with E-state index in [1.165, 1.54) is 5.56 Å². The fraction of sp³-hybridized carbons (Fsp3) is 0.125. The number of aromatic nitrogens is 4. The molecule has 0 unspecified atom stereocenters. The van der Waals surface area contributed by atoms with Gasteiger partial charge in [0.15, 0.2) is 16.1 Å². The number of hydrogen-bond donors (Lipinski definition) is 1. The Morgan fingerprint density at radius 1 is 1.00 bits per heavy atom. The third-order valence-corrected chi connectivity index (χ3v) is 6.73. The van der Waals surface area contributed by atoms with E-state index in [1.54, 1.807) is 29.4 Å². The van der Waals surface area contributed by atoms with Gasteiger partial charge in [-0.25, -0.2) is 4.98 Å². The van der Waals surface area contributed by atoms with E-state index in [0.29, 0.717) is 12.3 Å². The molecule has 0 saturated heterocycles. The van der Waals surface area contributed by atoms with Crippen molar-refractivity contribution in [2.45, 2.75) is 24.4 Å². The average Bonchev–Trinajstić information content (AvgIpc) is 3.54. The Hall–Kier alpha value is -3.36. The SMILES string of the molecule is Cc1occc1-c1nnc(SCc2csc(Nc3ccccc3)n2)n1Cc1ccccc1. The lowest BCUT2D eigenvalue weighted by molar-refractivity contribution is 0.534. The van der Waals surface area contributed by atoms with E-state index in [4.69, 9.17) is 9.40 Å². The molecule has 0 bridgehead atoms. The van der Waals surface area contributed by atoms with Gasteiger partial charge in [-0.05, 0) is 30.7 Å². The Labute approximate surface area is 194 Å². The molecule has 0 atom stereocenters. The minimum Gasteiger partial charge on any atom is -0.469 e. The van der Waals surface area contributed by atoms with Crippen LogP contribution in [0.3, 0.4) is 0 Å². The molecule has 3 aromatic heterocycles. The zero-order valence-electron chi connectivity index (χ0n) is 17.4. The number of rotatable bonds is 8. The van der Waals surface area contributed by atoms with E-state index in [0.717, 1.165) is 38.8 Å². The minimum absolute atomic E-state index is 0.688. The Morgan fingerprint density at radius 2 is 1.78 bits per heavy atom. The van der Waals surface area contributed by atoms with E-state index in [1.807, 2.05) is 61.5 Å². The molecule has 32 heavy (non-hydrogen) atoms. The number of hydrogen-bond acceptors (Lipinski definition) is 7. The molecule has 0 aliphatic heterocycles. The minimum atomic E-state index is 0.688. The molecule has 2 aromatic carbocycles. The molecule has 0 saturated carbocycles. The Bertz CT molecular complexity index is 1290. The molecule has 0 spiro atoms. The molecule has 160 valence electrons. The monoisotopic (exact) mass is 459 g/mol. The first kappa shape index (κ1) is 20.5. The smallest absolute Gasteiger partial charge is 0.192 e. The van der Waals surface area contributed by atoms with Crippen molar-refractivity contribution in [1.29, 1.82) is 0 Å². The molecule has 0 radical (unpaired) electrons. The number of thioether (sulfide) groups is 1. The van der Waals surface area contributed by atoms with Crippen LogP contribution in [-0.2, 0) is 12.3 Å². The summed E-state index contributed by atoms with van der Waals surface area (Å²) in [6.07, 6.45) is 1.69. The van der Waals surface area contributed by atoms with E-state index in [9.17, 15) is 0 Å². The number of para-hydroxylation sites is 1. The normalized spacial score (nSPS) is 11.0. The summed E-state index contributed by atoms with van der Waals surface area (Å²) in [6.45, 7) is 2.63. The Balaban J connectivity index is 1.36. The van der Waals surface area contributed by atoms with Crippen molar-refractivity contribution in [3.05, 3.63) is 95.4 Å². The summed E-state index contributed by atoms with van der Waals surface area (Å²) in [4.78, 5) is 4.72. The van der Waals surface area contributed by atoms with Gasteiger partial charge >= 0.3 is 0 Å². The lowest BCUT2D eigenvalue weighted by Gasteiger charge is -2.10. The summed E-state index contributed by atoms with van der Waals surface area (Å²) in [6, 6.07) is 22.4. The van der Waals surface area contributed by atoms with E-state index < -0.39 is 0 Å². The Kier molecular flexibility index (Phi) is 6.04. The first-order valence-electron chi connectivity index (χ1n) is 10.2. The third-order valence-electron chi connectivity index (χ3n) is 4.93. The van der Waals surface area contributed by atoms with Gasteiger partial charge in [-0.3, -0.25) is 4.57 Å². The predicted octanol–water partition coefficient (Wildman–Crippen LogP) is 6.39. The van der Waals surface area contributed by atoms with Gasteiger partial charge in [0.05, 0.1) is 24.1 Å². The van der Waals surface area contributed by atoms with Crippen LogP contribution < -0.4 is 5.32 Å². The Morgan fingerprint density at radius 3 is 2.53 bits per heavy atom. The highest BCUT2D eigenvalue weighted by molar-refractivity contribution is 7.98. The van der Waals surface area contributed by atoms with Crippen LogP contribution >= 0.6 is 23.1 Å². The molecule has 3 heterocycles. The lowest BCUT2D eigenvalue weighted by atomic mass is 10.2. The summed E-state index contributed by atoms with van der Waals surface area (Å²) < 4.78 is 7.66. The van der Waals surface area contributed by atoms with Gasteiger partial charge in [0, 0.05) is 16.8 Å². The van der Waals surface area contributed by atoms with Gasteiger partial charge in [-0.1, -0.05) is 60.3 Å². The third kappa shape index (κ3) is 4.61. The standard InChI is InChI=1S/C24H21N5OS2/c1-17-21(12-13-30-17)22-27-28-24(29(22)14-18-8-4-2-5-9-18)32-16-20-15-31-23(26-20)25-19-10-6-3-7-11-19/h2-13,15H,14,16H2,1H3,(H,25,26). The molecule has 5 rings (SSSR count). The number of nitrogens with zero attached hydrogens (tertiary/aromatic N) is 4. The van der Waals surface area contributed by atoms with Gasteiger partial charge in [0.2, 0.25) is 0 Å². The van der Waals surface area contributed by atoms with E-state index in [2.05, 4.69) is 37.6 Å². The maximum Gasteiger partial charge on any atom is 0.192 e. The molecule has 1 N–H and O–H groups in total. The molecule has 0 aliphatic rings. The second-order valence-electron chi connectivity index (χ2n) is 7.19. The highest BCUT2D eigenvalue weighted by Gasteiger charge is 2.18. The van der Waals surface area contributed by atoms with Gasteiger partial charge in [0.1, 0.15) is 5.76 Å². The van der Waals surface area contributed by atoms with E-state index >= 15 is 0 Å². The average molecular weight is 460 g/mol. The largest absolute Gasteiger partial charge is 0.469 e. The quantitative estimate of drug-likeness (QED) is 0.271. The van der Waals surface area contributed by atoms with Crippen LogP contribution in [0.1, 0.15) is 17.0 Å². The predicted molar refractivity (Wildman–Crippen MR) is 129 cm³/mol. The van der Waals surface area contributed by atoms with Gasteiger partial charge < -0.3 is 9.73 Å². The van der Waals surface area contributed by atoms with Crippen LogP contribution in [0.25, 0.3) is 11.4 Å².